The third-order valence-electron chi connectivity index (χ3n) is 2.60. The van der Waals surface area contributed by atoms with Crippen molar-refractivity contribution in [1.82, 2.24) is 0 Å². The molecule has 0 aliphatic carbocycles. The summed E-state index contributed by atoms with van der Waals surface area (Å²) in [4.78, 5) is 20.6. The molecular formula is C14H9Br2NO6. The molecule has 0 aliphatic rings. The van der Waals surface area contributed by atoms with Gasteiger partial charge in [-0.05, 0) is 56.1 Å². The van der Waals surface area contributed by atoms with Crippen molar-refractivity contribution < 1.29 is 24.3 Å². The first-order valence-corrected chi connectivity index (χ1v) is 7.71. The summed E-state index contributed by atoms with van der Waals surface area (Å²) in [6.45, 7) is -0.457. The molecule has 23 heavy (non-hydrogen) atoms. The number of carbonyl (C=O) groups is 1. The van der Waals surface area contributed by atoms with Gasteiger partial charge >= 0.3 is 5.97 Å². The second kappa shape index (κ2) is 7.42. The van der Waals surface area contributed by atoms with E-state index in [-0.39, 0.29) is 5.69 Å². The molecule has 120 valence electrons. The van der Waals surface area contributed by atoms with Crippen LogP contribution >= 0.6 is 31.9 Å². The van der Waals surface area contributed by atoms with Crippen molar-refractivity contribution in [1.29, 1.82) is 0 Å². The zero-order valence-corrected chi connectivity index (χ0v) is 14.5. The highest BCUT2D eigenvalue weighted by Crippen LogP contribution is 2.40. The maximum absolute atomic E-state index is 10.6. The molecule has 0 heterocycles. The van der Waals surface area contributed by atoms with E-state index in [1.165, 1.54) is 24.3 Å². The Morgan fingerprint density at radius 3 is 2.17 bits per heavy atom. The number of benzene rings is 2. The highest BCUT2D eigenvalue weighted by Gasteiger charge is 2.13. The van der Waals surface area contributed by atoms with Gasteiger partial charge in [0.1, 0.15) is 11.5 Å². The zero-order valence-electron chi connectivity index (χ0n) is 11.4. The summed E-state index contributed by atoms with van der Waals surface area (Å²) >= 11 is 6.62. The third kappa shape index (κ3) is 4.67. The van der Waals surface area contributed by atoms with Crippen LogP contribution < -0.4 is 9.47 Å². The molecule has 9 heteroatoms. The molecule has 2 rings (SSSR count). The Hall–Kier alpha value is -2.13. The molecule has 0 spiro atoms. The number of halogens is 2. The van der Waals surface area contributed by atoms with E-state index in [4.69, 9.17) is 14.6 Å². The lowest BCUT2D eigenvalue weighted by Gasteiger charge is -2.12. The molecule has 2 aromatic carbocycles. The fraction of sp³-hybridized carbons (Fsp3) is 0.0714. The van der Waals surface area contributed by atoms with Gasteiger partial charge in [-0.2, -0.15) is 0 Å². The number of rotatable bonds is 6. The quantitative estimate of drug-likeness (QED) is 0.522. The van der Waals surface area contributed by atoms with Crippen molar-refractivity contribution in [3.63, 3.8) is 0 Å². The molecule has 0 unspecified atom stereocenters. The van der Waals surface area contributed by atoms with E-state index in [2.05, 4.69) is 31.9 Å². The van der Waals surface area contributed by atoms with E-state index in [1.807, 2.05) is 0 Å². The van der Waals surface area contributed by atoms with Crippen molar-refractivity contribution >= 4 is 43.5 Å². The van der Waals surface area contributed by atoms with Crippen LogP contribution in [0.15, 0.2) is 45.3 Å². The number of carboxylic acids is 1. The van der Waals surface area contributed by atoms with Gasteiger partial charge in [0, 0.05) is 12.1 Å². The lowest BCUT2D eigenvalue weighted by atomic mass is 10.3. The van der Waals surface area contributed by atoms with E-state index < -0.39 is 17.5 Å². The van der Waals surface area contributed by atoms with Gasteiger partial charge in [-0.15, -0.1) is 0 Å². The smallest absolute Gasteiger partial charge is 0.341 e. The molecule has 0 saturated heterocycles. The van der Waals surface area contributed by atoms with Crippen LogP contribution in [0.2, 0.25) is 0 Å². The minimum Gasteiger partial charge on any atom is -0.482 e. The molecule has 0 saturated carbocycles. The fourth-order valence-electron chi connectivity index (χ4n) is 1.62. The second-order valence-corrected chi connectivity index (χ2v) is 5.96. The van der Waals surface area contributed by atoms with E-state index in [1.54, 1.807) is 12.1 Å². The van der Waals surface area contributed by atoms with Gasteiger partial charge in [-0.1, -0.05) is 0 Å². The molecule has 1 N–H and O–H groups in total. The van der Waals surface area contributed by atoms with E-state index in [0.717, 1.165) is 0 Å². The van der Waals surface area contributed by atoms with Gasteiger partial charge in [0.05, 0.1) is 13.9 Å². The third-order valence-corrected chi connectivity index (χ3v) is 3.78. The van der Waals surface area contributed by atoms with Crippen molar-refractivity contribution in [2.24, 2.45) is 0 Å². The van der Waals surface area contributed by atoms with Gasteiger partial charge in [0.25, 0.3) is 5.69 Å². The molecule has 0 amide bonds. The summed E-state index contributed by atoms with van der Waals surface area (Å²) in [5, 5.41) is 19.2. The average molecular weight is 447 g/mol. The second-order valence-electron chi connectivity index (χ2n) is 4.25. The van der Waals surface area contributed by atoms with E-state index in [0.29, 0.717) is 26.2 Å². The maximum atomic E-state index is 10.6. The Morgan fingerprint density at radius 1 is 1.13 bits per heavy atom. The number of carboxylic acid groups (broad SMARTS) is 1. The van der Waals surface area contributed by atoms with Gasteiger partial charge in [-0.3, -0.25) is 10.1 Å². The summed E-state index contributed by atoms with van der Waals surface area (Å²) in [6, 6.07) is 8.75. The van der Waals surface area contributed by atoms with Crippen LogP contribution in [0.25, 0.3) is 0 Å². The van der Waals surface area contributed by atoms with Crippen molar-refractivity contribution in [2.45, 2.75) is 0 Å². The highest BCUT2D eigenvalue weighted by molar-refractivity contribution is 9.11. The first-order chi connectivity index (χ1) is 10.9. The SMILES string of the molecule is O=C(O)COc1cc(Br)c(Oc2ccc([N+](=O)[O-])cc2)c(Br)c1. The van der Waals surface area contributed by atoms with Crippen LogP contribution in [-0.2, 0) is 4.79 Å². The lowest BCUT2D eigenvalue weighted by Crippen LogP contribution is -2.09. The average Bonchev–Trinajstić information content (AvgIpc) is 2.49. The van der Waals surface area contributed by atoms with Gasteiger partial charge in [0.15, 0.2) is 12.4 Å². The van der Waals surface area contributed by atoms with Gasteiger partial charge in [-0.25, -0.2) is 4.79 Å². The van der Waals surface area contributed by atoms with Crippen molar-refractivity contribution in [3.05, 3.63) is 55.5 Å². The van der Waals surface area contributed by atoms with Crippen LogP contribution in [0.5, 0.6) is 17.2 Å². The zero-order chi connectivity index (χ0) is 17.0. The van der Waals surface area contributed by atoms with Crippen LogP contribution in [0.1, 0.15) is 0 Å². The van der Waals surface area contributed by atoms with Gasteiger partial charge < -0.3 is 14.6 Å². The molecular weight excluding hydrogens is 438 g/mol. The summed E-state index contributed by atoms with van der Waals surface area (Å²) < 4.78 is 11.8. The lowest BCUT2D eigenvalue weighted by molar-refractivity contribution is -0.384. The van der Waals surface area contributed by atoms with E-state index >= 15 is 0 Å². The Morgan fingerprint density at radius 2 is 1.70 bits per heavy atom. The minimum absolute atomic E-state index is 0.0344. The molecule has 0 fully saturated rings. The van der Waals surface area contributed by atoms with E-state index in [9.17, 15) is 14.9 Å². The predicted molar refractivity (Wildman–Crippen MR) is 88.1 cm³/mol. The molecule has 0 aromatic heterocycles. The normalized spacial score (nSPS) is 10.2. The molecule has 2 aromatic rings. The van der Waals surface area contributed by atoms with Crippen LogP contribution in [0.4, 0.5) is 5.69 Å². The number of nitro benzene ring substituents is 1. The number of ether oxygens (including phenoxy) is 2. The maximum Gasteiger partial charge on any atom is 0.341 e. The van der Waals surface area contributed by atoms with Crippen molar-refractivity contribution in [2.75, 3.05) is 6.61 Å². The predicted octanol–water partition coefficient (Wildman–Crippen LogP) is 4.38. The summed E-state index contributed by atoms with van der Waals surface area (Å²) in [5.74, 6) is 0.114. The van der Waals surface area contributed by atoms with Crippen LogP contribution in [0, 0.1) is 10.1 Å². The number of nitro groups is 1. The highest BCUT2D eigenvalue weighted by atomic mass is 79.9. The number of hydrogen-bond donors (Lipinski definition) is 1. The van der Waals surface area contributed by atoms with Crippen molar-refractivity contribution in [3.8, 4) is 17.2 Å². The topological polar surface area (TPSA) is 98.9 Å². The van der Waals surface area contributed by atoms with Gasteiger partial charge in [0.2, 0.25) is 0 Å². The monoisotopic (exact) mass is 445 g/mol. The Kier molecular flexibility index (Phi) is 5.56. The summed E-state index contributed by atoms with van der Waals surface area (Å²) in [5.41, 5.74) is -0.0344. The minimum atomic E-state index is -1.08. The summed E-state index contributed by atoms with van der Waals surface area (Å²) in [7, 11) is 0. The number of non-ortho nitro benzene ring substituents is 1. The molecule has 0 radical (unpaired) electrons. The Balaban J connectivity index is 2.19. The van der Waals surface area contributed by atoms with Crippen LogP contribution in [0.3, 0.4) is 0 Å². The summed E-state index contributed by atoms with van der Waals surface area (Å²) in [6.07, 6.45) is 0. The molecule has 0 bridgehead atoms. The largest absolute Gasteiger partial charge is 0.482 e. The molecule has 7 nitrogen and oxygen atoms in total. The number of hydrogen-bond acceptors (Lipinski definition) is 5. The Bertz CT molecular complexity index is 724. The Labute approximate surface area is 147 Å². The standard InChI is InChI=1S/C14H9Br2NO6/c15-11-5-10(22-7-13(18)19)6-12(16)14(11)23-9-3-1-8(2-4-9)17(20)21/h1-6H,7H2,(H,18,19). The van der Waals surface area contributed by atoms with Crippen LogP contribution in [-0.4, -0.2) is 22.6 Å². The fourth-order valence-corrected chi connectivity index (χ4v) is 2.92. The first-order valence-electron chi connectivity index (χ1n) is 6.13. The first kappa shape index (κ1) is 17.2. The number of nitrogens with zero attached hydrogens (tertiary/aromatic N) is 1. The molecule has 0 aliphatic heterocycles. The number of aliphatic carboxylic acids is 1. The molecule has 0 atom stereocenters.